The van der Waals surface area contributed by atoms with Crippen molar-refractivity contribution in [3.8, 4) is 28.0 Å². The Morgan fingerprint density at radius 1 is 1.07 bits per heavy atom. The molecule has 0 spiro atoms. The zero-order chi connectivity index (χ0) is 28.4. The molecule has 0 bridgehead atoms. The average molecular weight is 605 g/mol. The van der Waals surface area contributed by atoms with E-state index in [2.05, 4.69) is 20.5 Å². The zero-order valence-corrected chi connectivity index (χ0v) is 25.4. The number of para-hydroxylation sites is 1. The van der Waals surface area contributed by atoms with Gasteiger partial charge in [0.05, 0.1) is 23.1 Å². The fourth-order valence-corrected chi connectivity index (χ4v) is 5.03. The molecule has 0 saturated heterocycles. The van der Waals surface area contributed by atoms with Crippen LogP contribution in [0.2, 0.25) is 0 Å². The van der Waals surface area contributed by atoms with Crippen molar-refractivity contribution in [2.24, 2.45) is 0 Å². The van der Waals surface area contributed by atoms with Gasteiger partial charge in [-0.2, -0.15) is 8.42 Å². The van der Waals surface area contributed by atoms with Crippen LogP contribution in [0.1, 0.15) is 20.7 Å². The van der Waals surface area contributed by atoms with Crippen LogP contribution in [0.5, 0.6) is 5.75 Å². The van der Waals surface area contributed by atoms with Crippen LogP contribution < -0.4 is 44.4 Å². The van der Waals surface area contributed by atoms with Crippen molar-refractivity contribution in [3.05, 3.63) is 77.9 Å². The smallest absolute Gasteiger partial charge is 0.494 e. The largest absolute Gasteiger partial charge is 1.00 e. The van der Waals surface area contributed by atoms with Crippen LogP contribution in [0.4, 0.5) is 0 Å². The molecule has 0 unspecified atom stereocenters. The standard InChI is InChI=1S/C25H20N6O7S2.Na/c1-38-20-14-17(24(33)34)10-11-19(20)30-28-22(29-31(30)25-27-18-4-2-3-5-21(18)39-25)15-6-8-16(9-7-15)23(32)26-12-13-40(35,36)37;/h2-11,14H,12-13H2,1H3,(H2-,26,32,33,34,35,36,37);/q;+1/p+1. The van der Waals surface area contributed by atoms with E-state index in [9.17, 15) is 23.1 Å². The number of methoxy groups -OCH3 is 1. The van der Waals surface area contributed by atoms with Crippen LogP contribution in [-0.4, -0.2) is 69.3 Å². The minimum Gasteiger partial charge on any atom is -0.494 e. The number of aromatic carboxylic acids is 1. The molecular weight excluding hydrogens is 583 g/mol. The average Bonchev–Trinajstić information content (AvgIpc) is 3.56. The first-order valence-corrected chi connectivity index (χ1v) is 14.1. The maximum atomic E-state index is 12.3. The third-order valence-electron chi connectivity index (χ3n) is 5.71. The number of amides is 1. The fourth-order valence-electron chi connectivity index (χ4n) is 3.77. The summed E-state index contributed by atoms with van der Waals surface area (Å²) in [4.78, 5) is 31.5. The number of ether oxygens (including phenoxy) is 1. The molecular formula is C25H21N6NaO7S2+2. The van der Waals surface area contributed by atoms with E-state index < -0.39 is 27.7 Å². The molecule has 3 aromatic carbocycles. The quantitative estimate of drug-likeness (QED) is 0.109. The van der Waals surface area contributed by atoms with Gasteiger partial charge in [-0.3, -0.25) is 9.35 Å². The molecule has 0 aliphatic rings. The zero-order valence-electron chi connectivity index (χ0n) is 21.8. The normalized spacial score (nSPS) is 11.2. The summed E-state index contributed by atoms with van der Waals surface area (Å²) < 4.78 is 37.0. The van der Waals surface area contributed by atoms with Gasteiger partial charge in [0, 0.05) is 22.8 Å². The van der Waals surface area contributed by atoms with Gasteiger partial charge in [0.1, 0.15) is 5.75 Å². The van der Waals surface area contributed by atoms with Gasteiger partial charge in [-0.05, 0) is 69.3 Å². The third-order valence-corrected chi connectivity index (χ3v) is 7.43. The number of nitrogens with one attached hydrogen (secondary N) is 1. The molecule has 0 aliphatic carbocycles. The van der Waals surface area contributed by atoms with Gasteiger partial charge in [-0.1, -0.05) is 28.5 Å². The van der Waals surface area contributed by atoms with Gasteiger partial charge in [-0.25, -0.2) is 4.79 Å². The second-order valence-corrected chi connectivity index (χ2v) is 11.0. The molecule has 2 heterocycles. The van der Waals surface area contributed by atoms with Crippen LogP contribution in [0.3, 0.4) is 0 Å². The number of nitrogens with zero attached hydrogens (tertiary/aromatic N) is 5. The minimum absolute atomic E-state index is 0. The number of hydrogen-bond acceptors (Lipinski definition) is 9. The first kappa shape index (κ1) is 30.2. The maximum absolute atomic E-state index is 12.3. The Morgan fingerprint density at radius 3 is 2.44 bits per heavy atom. The molecule has 16 heteroatoms. The Hall–Kier alpha value is -3.73. The van der Waals surface area contributed by atoms with Crippen LogP contribution >= 0.6 is 11.3 Å². The summed E-state index contributed by atoms with van der Waals surface area (Å²) in [5, 5.41) is 21.6. The van der Waals surface area contributed by atoms with Crippen molar-refractivity contribution < 1.29 is 66.8 Å². The molecule has 5 aromatic rings. The first-order valence-electron chi connectivity index (χ1n) is 11.6. The number of tetrazole rings is 1. The number of carbonyl (C=O) groups excluding carboxylic acids is 1. The predicted molar refractivity (Wildman–Crippen MR) is 144 cm³/mol. The predicted octanol–water partition coefficient (Wildman–Crippen LogP) is -0.851. The summed E-state index contributed by atoms with van der Waals surface area (Å²) in [6.45, 7) is -0.240. The number of carboxylic acid groups (broad SMARTS) is 1. The van der Waals surface area contributed by atoms with Crippen molar-refractivity contribution in [3.63, 3.8) is 0 Å². The summed E-state index contributed by atoms with van der Waals surface area (Å²) in [6, 6.07) is 18.3. The van der Waals surface area contributed by atoms with Crippen LogP contribution in [0.15, 0.2) is 66.7 Å². The van der Waals surface area contributed by atoms with E-state index in [-0.39, 0.29) is 58.8 Å². The molecule has 204 valence electrons. The van der Waals surface area contributed by atoms with Crippen molar-refractivity contribution in [2.75, 3.05) is 19.4 Å². The van der Waals surface area contributed by atoms with Gasteiger partial charge >= 0.3 is 40.7 Å². The molecule has 0 fully saturated rings. The number of thiazole rings is 1. The molecule has 41 heavy (non-hydrogen) atoms. The Bertz CT molecular complexity index is 1820. The summed E-state index contributed by atoms with van der Waals surface area (Å²) in [5.41, 5.74) is 2.05. The minimum atomic E-state index is -4.19. The van der Waals surface area contributed by atoms with Crippen molar-refractivity contribution >= 4 is 43.5 Å². The summed E-state index contributed by atoms with van der Waals surface area (Å²) in [6.07, 6.45) is 0. The maximum Gasteiger partial charge on any atom is 1.00 e. The Balaban J connectivity index is 0.00000387. The van der Waals surface area contributed by atoms with Gasteiger partial charge < -0.3 is 15.2 Å². The van der Waals surface area contributed by atoms with E-state index in [4.69, 9.17) is 9.29 Å². The van der Waals surface area contributed by atoms with E-state index in [0.717, 1.165) is 10.2 Å². The summed E-state index contributed by atoms with van der Waals surface area (Å²) in [5.74, 6) is -1.68. The number of benzene rings is 3. The fraction of sp³-hybridized carbons (Fsp3) is 0.120. The Kier molecular flexibility index (Phi) is 9.16. The second kappa shape index (κ2) is 12.4. The van der Waals surface area contributed by atoms with E-state index >= 15 is 0 Å². The van der Waals surface area contributed by atoms with Crippen LogP contribution in [-0.2, 0) is 10.1 Å². The molecule has 5 rings (SSSR count). The SMILES string of the molecule is COc1cc(C(=O)O)ccc1-n1nc(-c2ccc(C(=O)NCCS(=O)(=O)O)cc2)n[n+]1-c1nc2ccccc2s1.[Na+]. The van der Waals surface area contributed by atoms with Crippen LogP contribution in [0.25, 0.3) is 32.4 Å². The van der Waals surface area contributed by atoms with Crippen LogP contribution in [0, 0.1) is 0 Å². The number of carbonyl (C=O) groups is 2. The van der Waals surface area contributed by atoms with E-state index in [0.29, 0.717) is 16.4 Å². The van der Waals surface area contributed by atoms with Gasteiger partial charge in [-0.15, -0.1) is 0 Å². The van der Waals surface area contributed by atoms with Gasteiger partial charge in [0.25, 0.3) is 21.8 Å². The van der Waals surface area contributed by atoms with Crippen molar-refractivity contribution in [2.45, 2.75) is 0 Å². The van der Waals surface area contributed by atoms with Gasteiger partial charge in [0.2, 0.25) is 0 Å². The second-order valence-electron chi connectivity index (χ2n) is 8.38. The molecule has 2 aromatic heterocycles. The molecule has 3 N–H and O–H groups in total. The Labute approximate surface area is 259 Å². The van der Waals surface area contributed by atoms with Crippen molar-refractivity contribution in [1.82, 2.24) is 25.3 Å². The molecule has 0 saturated carbocycles. The monoisotopic (exact) mass is 604 g/mol. The van der Waals surface area contributed by atoms with E-state index in [1.165, 1.54) is 52.3 Å². The number of fused-ring (bicyclic) bond motifs is 1. The topological polar surface area (TPSA) is 177 Å². The Morgan fingerprint density at radius 2 is 1.78 bits per heavy atom. The number of aromatic nitrogens is 5. The summed E-state index contributed by atoms with van der Waals surface area (Å²) >= 11 is 1.38. The van der Waals surface area contributed by atoms with Gasteiger partial charge in [0.15, 0.2) is 11.2 Å². The molecule has 0 atom stereocenters. The molecule has 1 amide bonds. The third kappa shape index (κ3) is 6.78. The summed E-state index contributed by atoms with van der Waals surface area (Å²) in [7, 11) is -2.77. The van der Waals surface area contributed by atoms with E-state index in [1.54, 1.807) is 18.2 Å². The first-order chi connectivity index (χ1) is 19.1. The van der Waals surface area contributed by atoms with E-state index in [1.807, 2.05) is 24.3 Å². The molecule has 13 nitrogen and oxygen atoms in total. The number of hydrogen-bond donors (Lipinski definition) is 3. The van der Waals surface area contributed by atoms with Crippen molar-refractivity contribution in [1.29, 1.82) is 0 Å². The number of carboxylic acids is 1. The number of rotatable bonds is 9. The molecule has 0 aliphatic heterocycles. The molecule has 0 radical (unpaired) electrons.